The summed E-state index contributed by atoms with van der Waals surface area (Å²) in [5.74, 6) is -0.0506. The normalized spacial score (nSPS) is 17.3. The highest BCUT2D eigenvalue weighted by atomic mass is 19.1. The van der Waals surface area contributed by atoms with E-state index in [0.717, 1.165) is 41.9 Å². The molecule has 0 bridgehead atoms. The first-order chi connectivity index (χ1) is 13.6. The molecule has 2 aromatic heterocycles. The third kappa shape index (κ3) is 4.01. The van der Waals surface area contributed by atoms with Gasteiger partial charge in [0.25, 0.3) is 0 Å². The van der Waals surface area contributed by atoms with E-state index >= 15 is 0 Å². The molecule has 7 nitrogen and oxygen atoms in total. The molecule has 4 rings (SSSR count). The molecule has 1 atom stereocenters. The molecule has 0 radical (unpaired) electrons. The predicted octanol–water partition coefficient (Wildman–Crippen LogP) is 1.74. The van der Waals surface area contributed by atoms with Gasteiger partial charge in [-0.3, -0.25) is 4.79 Å². The van der Waals surface area contributed by atoms with Gasteiger partial charge in [-0.15, -0.1) is 0 Å². The first-order valence-corrected chi connectivity index (χ1v) is 9.47. The third-order valence-electron chi connectivity index (χ3n) is 5.10. The highest BCUT2D eigenvalue weighted by Gasteiger charge is 2.27. The molecule has 1 aliphatic rings. The minimum Gasteiger partial charge on any atom is -0.354 e. The second kappa shape index (κ2) is 8.02. The van der Waals surface area contributed by atoms with Gasteiger partial charge >= 0.3 is 0 Å². The SMILES string of the molecule is CN1CCC(c2nn(CCNC(=O)Cc3ccc(F)cc3)c3nccnc23)C1. The van der Waals surface area contributed by atoms with Gasteiger partial charge in [0.1, 0.15) is 11.3 Å². The Hall–Kier alpha value is -2.87. The van der Waals surface area contributed by atoms with Gasteiger partial charge in [-0.05, 0) is 37.7 Å². The lowest BCUT2D eigenvalue weighted by molar-refractivity contribution is -0.120. The van der Waals surface area contributed by atoms with Crippen molar-refractivity contribution in [1.29, 1.82) is 0 Å². The lowest BCUT2D eigenvalue weighted by atomic mass is 10.0. The summed E-state index contributed by atoms with van der Waals surface area (Å²) in [6, 6.07) is 5.96. The Morgan fingerprint density at radius 2 is 2.04 bits per heavy atom. The zero-order chi connectivity index (χ0) is 19.5. The number of rotatable bonds is 6. The Morgan fingerprint density at radius 3 is 2.79 bits per heavy atom. The summed E-state index contributed by atoms with van der Waals surface area (Å²) in [7, 11) is 2.11. The van der Waals surface area contributed by atoms with E-state index in [1.165, 1.54) is 12.1 Å². The second-order valence-electron chi connectivity index (χ2n) is 7.24. The van der Waals surface area contributed by atoms with Crippen LogP contribution in [0.25, 0.3) is 11.2 Å². The zero-order valence-electron chi connectivity index (χ0n) is 15.8. The van der Waals surface area contributed by atoms with Crippen LogP contribution in [0.5, 0.6) is 0 Å². The van der Waals surface area contributed by atoms with Crippen LogP contribution in [0.4, 0.5) is 4.39 Å². The van der Waals surface area contributed by atoms with E-state index in [2.05, 4.69) is 27.2 Å². The van der Waals surface area contributed by atoms with Crippen molar-refractivity contribution in [3.05, 3.63) is 53.7 Å². The smallest absolute Gasteiger partial charge is 0.224 e. The van der Waals surface area contributed by atoms with E-state index < -0.39 is 0 Å². The fourth-order valence-corrected chi connectivity index (χ4v) is 3.67. The molecule has 1 aromatic carbocycles. The maximum Gasteiger partial charge on any atom is 0.224 e. The summed E-state index contributed by atoms with van der Waals surface area (Å²) in [6.45, 7) is 2.99. The minimum absolute atomic E-state index is 0.105. The van der Waals surface area contributed by atoms with Crippen molar-refractivity contribution in [2.45, 2.75) is 25.3 Å². The number of benzene rings is 1. The first kappa shape index (κ1) is 18.5. The Kier molecular flexibility index (Phi) is 5.29. The molecule has 0 aliphatic carbocycles. The molecule has 8 heteroatoms. The van der Waals surface area contributed by atoms with E-state index in [0.29, 0.717) is 19.0 Å². The van der Waals surface area contributed by atoms with Gasteiger partial charge in [-0.25, -0.2) is 19.0 Å². The van der Waals surface area contributed by atoms with Crippen molar-refractivity contribution in [3.63, 3.8) is 0 Å². The Labute approximate surface area is 162 Å². The quantitative estimate of drug-likeness (QED) is 0.703. The van der Waals surface area contributed by atoms with Crippen LogP contribution in [0.2, 0.25) is 0 Å². The zero-order valence-corrected chi connectivity index (χ0v) is 15.8. The number of fused-ring (bicyclic) bond motifs is 1. The molecule has 1 N–H and O–H groups in total. The van der Waals surface area contributed by atoms with Crippen LogP contribution >= 0.6 is 0 Å². The van der Waals surface area contributed by atoms with Crippen LogP contribution in [-0.4, -0.2) is 57.2 Å². The molecule has 146 valence electrons. The molecular weight excluding hydrogens is 359 g/mol. The molecule has 0 saturated carbocycles. The molecule has 1 fully saturated rings. The number of nitrogens with one attached hydrogen (secondary N) is 1. The third-order valence-corrected chi connectivity index (χ3v) is 5.10. The van der Waals surface area contributed by atoms with E-state index in [4.69, 9.17) is 5.10 Å². The average Bonchev–Trinajstić information content (AvgIpc) is 3.28. The maximum absolute atomic E-state index is 13.0. The number of aromatic nitrogens is 4. The van der Waals surface area contributed by atoms with Gasteiger partial charge in [0, 0.05) is 31.4 Å². The first-order valence-electron chi connectivity index (χ1n) is 9.47. The lowest BCUT2D eigenvalue weighted by Gasteiger charge is -2.08. The average molecular weight is 382 g/mol. The molecule has 1 saturated heterocycles. The highest BCUT2D eigenvalue weighted by Crippen LogP contribution is 2.29. The monoisotopic (exact) mass is 382 g/mol. The number of halogens is 1. The van der Waals surface area contributed by atoms with Crippen molar-refractivity contribution in [2.75, 3.05) is 26.7 Å². The van der Waals surface area contributed by atoms with Crippen LogP contribution in [0, 0.1) is 5.82 Å². The Morgan fingerprint density at radius 1 is 1.25 bits per heavy atom. The van der Waals surface area contributed by atoms with Crippen molar-refractivity contribution in [1.82, 2.24) is 30.0 Å². The van der Waals surface area contributed by atoms with Crippen molar-refractivity contribution in [2.24, 2.45) is 0 Å². The fraction of sp³-hybridized carbons (Fsp3) is 0.400. The molecule has 3 aromatic rings. The summed E-state index contributed by atoms with van der Waals surface area (Å²) >= 11 is 0. The number of hydrogen-bond donors (Lipinski definition) is 1. The van der Waals surface area contributed by atoms with Crippen LogP contribution in [-0.2, 0) is 17.8 Å². The van der Waals surface area contributed by atoms with Crippen molar-refractivity contribution < 1.29 is 9.18 Å². The van der Waals surface area contributed by atoms with E-state index in [1.807, 2.05) is 4.68 Å². The topological polar surface area (TPSA) is 75.9 Å². The molecule has 1 amide bonds. The Bertz CT molecular complexity index is 970. The van der Waals surface area contributed by atoms with Gasteiger partial charge in [0.05, 0.1) is 18.7 Å². The summed E-state index contributed by atoms with van der Waals surface area (Å²) in [5.41, 5.74) is 3.37. The van der Waals surface area contributed by atoms with Gasteiger partial charge in [0.15, 0.2) is 5.65 Å². The molecule has 1 aliphatic heterocycles. The number of likely N-dealkylation sites (N-methyl/N-ethyl adjacent to an activating group) is 1. The summed E-state index contributed by atoms with van der Waals surface area (Å²) < 4.78 is 14.8. The van der Waals surface area contributed by atoms with Crippen LogP contribution in [0.3, 0.4) is 0 Å². The Balaban J connectivity index is 1.40. The van der Waals surface area contributed by atoms with Crippen LogP contribution < -0.4 is 5.32 Å². The summed E-state index contributed by atoms with van der Waals surface area (Å²) in [6.07, 6.45) is 4.65. The van der Waals surface area contributed by atoms with Crippen LogP contribution in [0.15, 0.2) is 36.7 Å². The number of amides is 1. The summed E-state index contributed by atoms with van der Waals surface area (Å²) in [5, 5.41) is 7.66. The number of nitrogens with zero attached hydrogens (tertiary/aromatic N) is 5. The van der Waals surface area contributed by atoms with E-state index in [9.17, 15) is 9.18 Å². The molecule has 3 heterocycles. The van der Waals surface area contributed by atoms with Crippen molar-refractivity contribution >= 4 is 17.1 Å². The van der Waals surface area contributed by atoms with Crippen LogP contribution in [0.1, 0.15) is 23.6 Å². The number of likely N-dealkylation sites (tertiary alicyclic amines) is 1. The number of hydrogen-bond acceptors (Lipinski definition) is 5. The largest absolute Gasteiger partial charge is 0.354 e. The highest BCUT2D eigenvalue weighted by molar-refractivity contribution is 5.78. The number of carbonyl (C=O) groups excluding carboxylic acids is 1. The number of carbonyl (C=O) groups is 1. The molecule has 28 heavy (non-hydrogen) atoms. The summed E-state index contributed by atoms with van der Waals surface area (Å²) in [4.78, 5) is 23.4. The molecule has 0 spiro atoms. The van der Waals surface area contributed by atoms with Gasteiger partial charge in [0.2, 0.25) is 5.91 Å². The lowest BCUT2D eigenvalue weighted by Crippen LogP contribution is -2.29. The minimum atomic E-state index is -0.305. The van der Waals surface area contributed by atoms with Gasteiger partial charge in [-0.1, -0.05) is 12.1 Å². The van der Waals surface area contributed by atoms with Gasteiger partial charge in [-0.2, -0.15) is 5.10 Å². The van der Waals surface area contributed by atoms with E-state index in [1.54, 1.807) is 24.5 Å². The molecule has 1 unspecified atom stereocenters. The second-order valence-corrected chi connectivity index (χ2v) is 7.24. The van der Waals surface area contributed by atoms with Gasteiger partial charge < -0.3 is 10.2 Å². The van der Waals surface area contributed by atoms with Crippen molar-refractivity contribution in [3.8, 4) is 0 Å². The van der Waals surface area contributed by atoms with E-state index in [-0.39, 0.29) is 18.1 Å². The fourth-order valence-electron chi connectivity index (χ4n) is 3.67. The standard InChI is InChI=1S/C20H23FN6O/c1-26-10-6-15(13-26)18-19-20(24-8-7-23-19)27(25-18)11-9-22-17(28)12-14-2-4-16(21)5-3-14/h2-5,7-8,15H,6,9-13H2,1H3,(H,22,28). The molecular formula is C20H23FN6O. The predicted molar refractivity (Wildman–Crippen MR) is 103 cm³/mol. The maximum atomic E-state index is 13.0.